The van der Waals surface area contributed by atoms with Crippen LogP contribution in [0.25, 0.3) is 0 Å². The number of carbonyl (C=O) groups excluding carboxylic acids is 3. The summed E-state index contributed by atoms with van der Waals surface area (Å²) < 4.78 is 0. The van der Waals surface area contributed by atoms with Crippen LogP contribution in [0.4, 0.5) is 5.69 Å². The number of fused-ring (bicyclic) bond motifs is 2. The van der Waals surface area contributed by atoms with Crippen molar-refractivity contribution in [2.45, 2.75) is 12.0 Å². The average Bonchev–Trinajstić information content (AvgIpc) is 2.81. The molecule has 20 heavy (non-hydrogen) atoms. The molecule has 0 aliphatic carbocycles. The molecule has 1 unspecified atom stereocenters. The maximum Gasteiger partial charge on any atom is 0.269 e. The van der Waals surface area contributed by atoms with Crippen LogP contribution in [0.5, 0.6) is 0 Å². The Hall–Kier alpha value is -2.77. The smallest absolute Gasteiger partial charge is 0.269 e. The van der Waals surface area contributed by atoms with E-state index in [-0.39, 0.29) is 23.2 Å². The molecule has 2 aliphatic rings. The maximum absolute atomic E-state index is 12.2. The molecule has 1 atom stereocenters. The first kappa shape index (κ1) is 12.3. The van der Waals surface area contributed by atoms with Gasteiger partial charge in [-0.2, -0.15) is 0 Å². The topological polar surface area (TPSA) is 110 Å². The summed E-state index contributed by atoms with van der Waals surface area (Å²) in [5.74, 6) is -1.56. The highest BCUT2D eigenvalue weighted by Crippen LogP contribution is 2.44. The van der Waals surface area contributed by atoms with Crippen LogP contribution in [0.15, 0.2) is 18.2 Å². The van der Waals surface area contributed by atoms with Gasteiger partial charge in [0.1, 0.15) is 0 Å². The van der Waals surface area contributed by atoms with Crippen LogP contribution >= 0.6 is 0 Å². The molecule has 1 aromatic carbocycles. The molecule has 2 heterocycles. The van der Waals surface area contributed by atoms with E-state index in [1.54, 1.807) is 0 Å². The van der Waals surface area contributed by atoms with Crippen molar-refractivity contribution < 1.29 is 19.3 Å². The van der Waals surface area contributed by atoms with Crippen LogP contribution in [0.2, 0.25) is 0 Å². The second kappa shape index (κ2) is 3.62. The minimum Gasteiger partial charge on any atom is -0.323 e. The second-order valence-corrected chi connectivity index (χ2v) is 4.77. The lowest BCUT2D eigenvalue weighted by Crippen LogP contribution is -2.46. The average molecular weight is 275 g/mol. The molecule has 102 valence electrons. The molecule has 2 aliphatic heterocycles. The van der Waals surface area contributed by atoms with Crippen molar-refractivity contribution in [3.63, 3.8) is 0 Å². The van der Waals surface area contributed by atoms with Crippen molar-refractivity contribution in [1.82, 2.24) is 10.2 Å². The Morgan fingerprint density at radius 2 is 2.05 bits per heavy atom. The van der Waals surface area contributed by atoms with Crippen molar-refractivity contribution in [1.29, 1.82) is 0 Å². The van der Waals surface area contributed by atoms with Crippen molar-refractivity contribution in [3.8, 4) is 0 Å². The third-order valence-corrected chi connectivity index (χ3v) is 3.81. The lowest BCUT2D eigenvalue weighted by Gasteiger charge is -2.28. The lowest BCUT2D eigenvalue weighted by atomic mass is 9.88. The van der Waals surface area contributed by atoms with Gasteiger partial charge in [0.05, 0.1) is 11.3 Å². The van der Waals surface area contributed by atoms with Crippen LogP contribution in [0.3, 0.4) is 0 Å². The van der Waals surface area contributed by atoms with Gasteiger partial charge in [-0.1, -0.05) is 0 Å². The van der Waals surface area contributed by atoms with E-state index in [1.807, 2.05) is 0 Å². The Bertz CT molecular complexity index is 698. The van der Waals surface area contributed by atoms with E-state index in [4.69, 9.17) is 0 Å². The standard InChI is InChI=1S/C12H9N3O5/c1-14-10(17)7-3-2-6(15(19)20)4-8(7)12(14)5-9(16)13-11(12)18/h2-4H,5H2,1H3,(H,13,16,18). The van der Waals surface area contributed by atoms with Crippen molar-refractivity contribution >= 4 is 23.4 Å². The number of rotatable bonds is 1. The normalized spacial score (nSPS) is 24.2. The zero-order valence-corrected chi connectivity index (χ0v) is 10.4. The number of imide groups is 1. The fourth-order valence-corrected chi connectivity index (χ4v) is 2.78. The minimum atomic E-state index is -1.46. The number of nitrogens with one attached hydrogen (secondary N) is 1. The Labute approximate surface area is 112 Å². The number of likely N-dealkylation sites (N-methyl/N-ethyl adjacent to an activating group) is 1. The van der Waals surface area contributed by atoms with Gasteiger partial charge in [-0.25, -0.2) is 0 Å². The van der Waals surface area contributed by atoms with Crippen LogP contribution in [-0.2, 0) is 15.1 Å². The van der Waals surface area contributed by atoms with E-state index in [2.05, 4.69) is 5.32 Å². The molecule has 0 saturated carbocycles. The molecule has 0 aromatic heterocycles. The highest BCUT2D eigenvalue weighted by Gasteiger charge is 2.58. The van der Waals surface area contributed by atoms with Gasteiger partial charge in [0.15, 0.2) is 5.54 Å². The Morgan fingerprint density at radius 1 is 1.35 bits per heavy atom. The van der Waals surface area contributed by atoms with Gasteiger partial charge in [-0.05, 0) is 6.07 Å². The molecule has 1 fully saturated rings. The molecule has 0 bridgehead atoms. The van der Waals surface area contributed by atoms with Crippen molar-refractivity contribution in [2.24, 2.45) is 0 Å². The number of hydrogen-bond acceptors (Lipinski definition) is 5. The predicted molar refractivity (Wildman–Crippen MR) is 64.6 cm³/mol. The van der Waals surface area contributed by atoms with E-state index in [1.165, 1.54) is 30.1 Å². The van der Waals surface area contributed by atoms with Gasteiger partial charge in [0, 0.05) is 30.3 Å². The largest absolute Gasteiger partial charge is 0.323 e. The van der Waals surface area contributed by atoms with Crippen molar-refractivity contribution in [3.05, 3.63) is 39.4 Å². The summed E-state index contributed by atoms with van der Waals surface area (Å²) in [4.78, 5) is 47.2. The number of nitro benzene ring substituents is 1. The summed E-state index contributed by atoms with van der Waals surface area (Å²) in [6.07, 6.45) is -0.220. The SMILES string of the molecule is CN1C(=O)c2ccc([N+](=O)[O-])cc2C12CC(=O)NC2=O. The fraction of sp³-hybridized carbons (Fsp3) is 0.250. The number of nitro groups is 1. The number of carbonyl (C=O) groups is 3. The zero-order chi connectivity index (χ0) is 14.7. The molecule has 0 radical (unpaired) electrons. The molecule has 1 saturated heterocycles. The maximum atomic E-state index is 12.2. The number of nitrogens with zero attached hydrogens (tertiary/aromatic N) is 2. The molecular weight excluding hydrogens is 266 g/mol. The van der Waals surface area contributed by atoms with E-state index >= 15 is 0 Å². The first-order valence-corrected chi connectivity index (χ1v) is 5.79. The number of non-ortho nitro benzene ring substituents is 1. The number of hydrogen-bond donors (Lipinski definition) is 1. The van der Waals surface area contributed by atoms with Crippen LogP contribution in [0.1, 0.15) is 22.3 Å². The highest BCUT2D eigenvalue weighted by atomic mass is 16.6. The van der Waals surface area contributed by atoms with Gasteiger partial charge in [-0.3, -0.25) is 29.8 Å². The quantitative estimate of drug-likeness (QED) is 0.438. The molecule has 1 N–H and O–H groups in total. The van der Waals surface area contributed by atoms with E-state index in [0.717, 1.165) is 0 Å². The monoisotopic (exact) mass is 275 g/mol. The molecule has 8 nitrogen and oxygen atoms in total. The van der Waals surface area contributed by atoms with E-state index in [9.17, 15) is 24.5 Å². The second-order valence-electron chi connectivity index (χ2n) is 4.77. The van der Waals surface area contributed by atoms with Crippen LogP contribution in [-0.4, -0.2) is 34.6 Å². The molecule has 1 spiro atoms. The summed E-state index contributed by atoms with van der Waals surface area (Å²) >= 11 is 0. The van der Waals surface area contributed by atoms with Crippen LogP contribution in [0, 0.1) is 10.1 Å². The number of amides is 3. The van der Waals surface area contributed by atoms with Gasteiger partial charge in [-0.15, -0.1) is 0 Å². The highest BCUT2D eigenvalue weighted by molar-refractivity contribution is 6.15. The minimum absolute atomic E-state index is 0.211. The Kier molecular flexibility index (Phi) is 2.22. The predicted octanol–water partition coefficient (Wildman–Crippen LogP) is -0.0778. The third-order valence-electron chi connectivity index (χ3n) is 3.81. The summed E-state index contributed by atoms with van der Waals surface area (Å²) in [6, 6.07) is 3.71. The van der Waals surface area contributed by atoms with Gasteiger partial charge >= 0.3 is 0 Å². The van der Waals surface area contributed by atoms with E-state index < -0.39 is 28.2 Å². The summed E-state index contributed by atoms with van der Waals surface area (Å²) in [5, 5.41) is 13.0. The summed E-state index contributed by atoms with van der Waals surface area (Å²) in [5.41, 5.74) is -1.26. The van der Waals surface area contributed by atoms with Gasteiger partial charge < -0.3 is 4.90 Å². The Balaban J connectivity index is 2.28. The third kappa shape index (κ3) is 1.27. The molecule has 3 amide bonds. The molecule has 3 rings (SSSR count). The molecule has 1 aromatic rings. The fourth-order valence-electron chi connectivity index (χ4n) is 2.78. The summed E-state index contributed by atoms with van der Waals surface area (Å²) in [7, 11) is 1.41. The first-order chi connectivity index (χ1) is 9.37. The summed E-state index contributed by atoms with van der Waals surface area (Å²) in [6.45, 7) is 0. The zero-order valence-electron chi connectivity index (χ0n) is 10.4. The molecule has 8 heteroatoms. The van der Waals surface area contributed by atoms with Gasteiger partial charge in [0.2, 0.25) is 5.91 Å². The Morgan fingerprint density at radius 3 is 2.60 bits per heavy atom. The van der Waals surface area contributed by atoms with Crippen molar-refractivity contribution in [2.75, 3.05) is 7.05 Å². The lowest BCUT2D eigenvalue weighted by molar-refractivity contribution is -0.385. The first-order valence-electron chi connectivity index (χ1n) is 5.79. The van der Waals surface area contributed by atoms with E-state index in [0.29, 0.717) is 0 Å². The van der Waals surface area contributed by atoms with Crippen LogP contribution < -0.4 is 5.32 Å². The molecular formula is C12H9N3O5. The number of benzene rings is 1. The van der Waals surface area contributed by atoms with Gasteiger partial charge in [0.25, 0.3) is 17.5 Å².